The number of rotatable bonds is 4. The number of sulfonamides is 1. The highest BCUT2D eigenvalue weighted by molar-refractivity contribution is 7.89. The topological polar surface area (TPSA) is 149 Å². The second kappa shape index (κ2) is 12.5. The molecule has 4 aliphatic heterocycles. The number of hydrogen-bond acceptors (Lipinski definition) is 10. The van der Waals surface area contributed by atoms with Gasteiger partial charge in [-0.05, 0) is 47.0 Å². The maximum absolute atomic E-state index is 14.1. The summed E-state index contributed by atoms with van der Waals surface area (Å²) in [6.45, 7) is 1.01. The molecule has 15 heteroatoms. The van der Waals surface area contributed by atoms with Crippen molar-refractivity contribution in [3.05, 3.63) is 52.5 Å². The molecule has 2 aromatic rings. The molecule has 0 saturated carbocycles. The molecule has 0 unspecified atom stereocenters. The van der Waals surface area contributed by atoms with Crippen LogP contribution in [0.2, 0.25) is 0 Å². The zero-order valence-electron chi connectivity index (χ0n) is 23.3. The van der Waals surface area contributed by atoms with Gasteiger partial charge in [0.15, 0.2) is 0 Å². The lowest BCUT2D eigenvalue weighted by Crippen LogP contribution is -2.55. The Morgan fingerprint density at radius 3 is 2.65 bits per heavy atom. The highest BCUT2D eigenvalue weighted by Crippen LogP contribution is 2.29. The van der Waals surface area contributed by atoms with E-state index in [-0.39, 0.29) is 49.5 Å². The van der Waals surface area contributed by atoms with Crippen LogP contribution in [-0.2, 0) is 35.6 Å². The number of benzene rings is 1. The quantitative estimate of drug-likeness (QED) is 0.413. The fourth-order valence-electron chi connectivity index (χ4n) is 6.39. The van der Waals surface area contributed by atoms with E-state index in [0.29, 0.717) is 26.1 Å². The van der Waals surface area contributed by atoms with E-state index >= 15 is 0 Å². The van der Waals surface area contributed by atoms with Crippen molar-refractivity contribution in [3.8, 4) is 0 Å². The van der Waals surface area contributed by atoms with Gasteiger partial charge in [0.2, 0.25) is 21.8 Å². The fourth-order valence-corrected chi connectivity index (χ4v) is 8.56. The molecule has 12 nitrogen and oxygen atoms in total. The molecule has 5 heterocycles. The van der Waals surface area contributed by atoms with Gasteiger partial charge in [-0.1, -0.05) is 6.07 Å². The molecule has 1 aromatic carbocycles. The lowest BCUT2D eigenvalue weighted by molar-refractivity contribution is -0.144. The van der Waals surface area contributed by atoms with Crippen LogP contribution in [0.3, 0.4) is 0 Å². The van der Waals surface area contributed by atoms with E-state index in [2.05, 4.69) is 5.32 Å². The summed E-state index contributed by atoms with van der Waals surface area (Å²) in [4.78, 5) is 30.4. The Hall–Kier alpha value is -2.50. The monoisotopic (exact) mass is 638 g/mol. The largest absolute Gasteiger partial charge is 0.388 e. The van der Waals surface area contributed by atoms with E-state index in [4.69, 9.17) is 9.47 Å². The minimum Gasteiger partial charge on any atom is -0.388 e. The molecule has 6 bridgehead atoms. The molecule has 0 spiro atoms. The summed E-state index contributed by atoms with van der Waals surface area (Å²) in [7, 11) is -4.32. The average molecular weight is 639 g/mol. The predicted octanol–water partition coefficient (Wildman–Crippen LogP) is -0.242. The van der Waals surface area contributed by atoms with Crippen LogP contribution < -0.4 is 5.32 Å². The van der Waals surface area contributed by atoms with Crippen LogP contribution in [0.1, 0.15) is 18.4 Å². The highest BCUT2D eigenvalue weighted by atomic mass is 32.2. The predicted molar refractivity (Wildman–Crippen MR) is 152 cm³/mol. The van der Waals surface area contributed by atoms with E-state index in [1.807, 2.05) is 21.7 Å². The standard InChI is InChI=1S/C28H35FN4O8S2/c29-18-2-1-3-21(8-18)43(38,39)33-14-20-13-31(5-6-40-20)28(37)22-9-19(12-32(22)11-17-4-7-42-16-17)30-25(34)10-23-26(35)27(36)24(15-33)41-23/h1-4,7-8,16,19-20,22-24,26-27,35-36H,5-6,9-15H2,(H,30,34)/t19-,20-,22-,23-,24+,26-,27+/m0/s1. The van der Waals surface area contributed by atoms with Gasteiger partial charge >= 0.3 is 0 Å². The molecule has 7 atom stereocenters. The van der Waals surface area contributed by atoms with E-state index < -0.39 is 58.3 Å². The Kier molecular flexibility index (Phi) is 8.86. The first-order chi connectivity index (χ1) is 20.6. The zero-order chi connectivity index (χ0) is 30.3. The van der Waals surface area contributed by atoms with Gasteiger partial charge in [0.05, 0.1) is 36.2 Å². The summed E-state index contributed by atoms with van der Waals surface area (Å²) >= 11 is 1.56. The first-order valence-electron chi connectivity index (χ1n) is 14.3. The maximum Gasteiger partial charge on any atom is 0.243 e. The normalized spacial score (nSPS) is 33.1. The number of fused-ring (bicyclic) bond motifs is 6. The Balaban J connectivity index is 1.32. The highest BCUT2D eigenvalue weighted by Gasteiger charge is 2.47. The number of aliphatic hydroxyl groups excluding tert-OH is 2. The zero-order valence-corrected chi connectivity index (χ0v) is 25.0. The molecule has 2 amide bonds. The molecule has 6 rings (SSSR count). The lowest BCUT2D eigenvalue weighted by Gasteiger charge is -2.38. The summed E-state index contributed by atoms with van der Waals surface area (Å²) in [6, 6.07) is 5.75. The fraction of sp³-hybridized carbons (Fsp3) is 0.571. The van der Waals surface area contributed by atoms with Crippen molar-refractivity contribution in [2.75, 3.05) is 39.3 Å². The van der Waals surface area contributed by atoms with Crippen LogP contribution in [0.25, 0.3) is 0 Å². The first kappa shape index (κ1) is 30.5. The van der Waals surface area contributed by atoms with Crippen LogP contribution >= 0.6 is 11.3 Å². The Morgan fingerprint density at radius 1 is 1.07 bits per heavy atom. The van der Waals surface area contributed by atoms with E-state index in [1.54, 1.807) is 16.2 Å². The molecule has 43 heavy (non-hydrogen) atoms. The second-order valence-electron chi connectivity index (χ2n) is 11.5. The summed E-state index contributed by atoms with van der Waals surface area (Å²) in [5, 5.41) is 28.5. The summed E-state index contributed by atoms with van der Waals surface area (Å²) in [6.07, 6.45) is -5.73. The minimum atomic E-state index is -4.32. The van der Waals surface area contributed by atoms with Crippen molar-refractivity contribution in [2.24, 2.45) is 0 Å². The van der Waals surface area contributed by atoms with Gasteiger partial charge in [-0.15, -0.1) is 0 Å². The number of ether oxygens (including phenoxy) is 2. The molecule has 4 aliphatic rings. The Labute approximate surface area is 253 Å². The molecule has 4 fully saturated rings. The van der Waals surface area contributed by atoms with Crippen LogP contribution in [-0.4, -0.2) is 126 Å². The molecule has 234 valence electrons. The summed E-state index contributed by atoms with van der Waals surface area (Å²) in [5.41, 5.74) is 1.06. The number of likely N-dealkylation sites (tertiary alicyclic amines) is 1. The molecular formula is C28H35FN4O8S2. The Bertz CT molecular complexity index is 1430. The molecule has 1 aromatic heterocycles. The average Bonchev–Trinajstić information content (AvgIpc) is 3.69. The summed E-state index contributed by atoms with van der Waals surface area (Å²) in [5.74, 6) is -1.27. The number of hydrogen-bond donors (Lipinski definition) is 3. The van der Waals surface area contributed by atoms with Crippen molar-refractivity contribution < 1.29 is 42.1 Å². The summed E-state index contributed by atoms with van der Waals surface area (Å²) < 4.78 is 54.4. The van der Waals surface area contributed by atoms with Crippen LogP contribution in [0.4, 0.5) is 4.39 Å². The number of morpholine rings is 1. The van der Waals surface area contributed by atoms with Crippen LogP contribution in [0.15, 0.2) is 46.0 Å². The first-order valence-corrected chi connectivity index (χ1v) is 16.7. The lowest BCUT2D eigenvalue weighted by atomic mass is 10.0. The molecule has 0 radical (unpaired) electrons. The van der Waals surface area contributed by atoms with Crippen molar-refractivity contribution in [1.82, 2.24) is 19.4 Å². The number of amides is 2. The van der Waals surface area contributed by atoms with Crippen molar-refractivity contribution in [1.29, 1.82) is 0 Å². The van der Waals surface area contributed by atoms with Gasteiger partial charge in [0.25, 0.3) is 0 Å². The number of nitrogens with one attached hydrogen (secondary N) is 1. The van der Waals surface area contributed by atoms with Crippen molar-refractivity contribution in [2.45, 2.75) is 66.9 Å². The number of aliphatic hydroxyl groups is 2. The third kappa shape index (κ3) is 6.49. The van der Waals surface area contributed by atoms with Gasteiger partial charge in [-0.3, -0.25) is 14.5 Å². The smallest absolute Gasteiger partial charge is 0.243 e. The van der Waals surface area contributed by atoms with Crippen molar-refractivity contribution >= 4 is 33.2 Å². The van der Waals surface area contributed by atoms with E-state index in [0.717, 1.165) is 22.0 Å². The van der Waals surface area contributed by atoms with E-state index in [1.165, 1.54) is 12.1 Å². The molecule has 4 saturated heterocycles. The van der Waals surface area contributed by atoms with Crippen LogP contribution in [0, 0.1) is 5.82 Å². The van der Waals surface area contributed by atoms with E-state index in [9.17, 15) is 32.6 Å². The third-order valence-corrected chi connectivity index (χ3v) is 11.1. The Morgan fingerprint density at radius 2 is 1.88 bits per heavy atom. The number of carbonyl (C=O) groups excluding carboxylic acids is 2. The van der Waals surface area contributed by atoms with Gasteiger partial charge in [0, 0.05) is 45.3 Å². The second-order valence-corrected chi connectivity index (χ2v) is 14.2. The van der Waals surface area contributed by atoms with Gasteiger partial charge in [0.1, 0.15) is 24.1 Å². The number of halogens is 1. The number of thiophene rings is 1. The third-order valence-electron chi connectivity index (χ3n) is 8.54. The molecular weight excluding hydrogens is 603 g/mol. The van der Waals surface area contributed by atoms with Crippen molar-refractivity contribution in [3.63, 3.8) is 0 Å². The number of carbonyl (C=O) groups is 2. The molecule has 0 aliphatic carbocycles. The molecule has 3 N–H and O–H groups in total. The number of nitrogens with zero attached hydrogens (tertiary/aromatic N) is 3. The van der Waals surface area contributed by atoms with Gasteiger partial charge in [-0.2, -0.15) is 15.6 Å². The SMILES string of the molecule is O=C1C[C@@H]2O[C@H](CN(S(=O)(=O)c3cccc(F)c3)C[C@@H]3CN(CCO3)C(=O)[C@@H]3C[C@@H](CN3Cc3ccsc3)N1)[C@@H](O)[C@H]2O. The maximum atomic E-state index is 14.1. The minimum absolute atomic E-state index is 0.118. The van der Waals surface area contributed by atoms with Gasteiger partial charge in [-0.25, -0.2) is 12.8 Å². The van der Waals surface area contributed by atoms with Crippen LogP contribution in [0.5, 0.6) is 0 Å². The van der Waals surface area contributed by atoms with Gasteiger partial charge < -0.3 is 29.9 Å².